The molecule has 2 rings (SSSR count). The van der Waals surface area contributed by atoms with Crippen LogP contribution in [0.3, 0.4) is 0 Å². The minimum atomic E-state index is -0.0378. The third kappa shape index (κ3) is 4.79. The normalized spacial score (nSPS) is 10.2. The lowest BCUT2D eigenvalue weighted by atomic mass is 10.1. The molecule has 0 fully saturated rings. The summed E-state index contributed by atoms with van der Waals surface area (Å²) in [6, 6.07) is 11.0. The first kappa shape index (κ1) is 18.4. The Morgan fingerprint density at radius 1 is 0.960 bits per heavy atom. The zero-order valence-electron chi connectivity index (χ0n) is 14.8. The van der Waals surface area contributed by atoms with Crippen molar-refractivity contribution in [3.8, 4) is 17.2 Å². The van der Waals surface area contributed by atoms with E-state index in [1.54, 1.807) is 33.5 Å². The fraction of sp³-hybridized carbons (Fsp3) is 0.316. The molecule has 0 aromatic heterocycles. The lowest BCUT2D eigenvalue weighted by molar-refractivity contribution is -0.120. The molecule has 0 aliphatic carbocycles. The van der Waals surface area contributed by atoms with Gasteiger partial charge in [-0.2, -0.15) is 0 Å². The third-order valence-corrected chi connectivity index (χ3v) is 3.85. The largest absolute Gasteiger partial charge is 0.493 e. The Hall–Kier alpha value is -2.89. The molecule has 2 aromatic carbocycles. The molecule has 0 heterocycles. The number of benzene rings is 2. The van der Waals surface area contributed by atoms with Crippen LogP contribution in [-0.4, -0.2) is 33.8 Å². The first-order valence-corrected chi connectivity index (χ1v) is 7.98. The molecule has 3 N–H and O–H groups in total. The van der Waals surface area contributed by atoms with Gasteiger partial charge in [-0.1, -0.05) is 18.2 Å². The lowest BCUT2D eigenvalue weighted by Crippen LogP contribution is -2.27. The molecule has 0 atom stereocenters. The molecule has 25 heavy (non-hydrogen) atoms. The highest BCUT2D eigenvalue weighted by molar-refractivity contribution is 5.78. The number of nitrogens with two attached hydrogens (primary N) is 1. The number of ether oxygens (including phenoxy) is 3. The number of anilines is 1. The molecule has 0 aliphatic heterocycles. The number of rotatable bonds is 8. The molecule has 0 unspecified atom stereocenters. The van der Waals surface area contributed by atoms with E-state index in [2.05, 4.69) is 5.32 Å². The molecule has 0 aliphatic rings. The molecule has 0 saturated heterocycles. The van der Waals surface area contributed by atoms with E-state index in [0.29, 0.717) is 42.3 Å². The van der Waals surface area contributed by atoms with Crippen molar-refractivity contribution in [3.63, 3.8) is 0 Å². The van der Waals surface area contributed by atoms with E-state index in [0.717, 1.165) is 11.1 Å². The van der Waals surface area contributed by atoms with E-state index in [1.165, 1.54) is 0 Å². The predicted molar refractivity (Wildman–Crippen MR) is 97.4 cm³/mol. The van der Waals surface area contributed by atoms with Crippen LogP contribution in [-0.2, 0) is 17.6 Å². The van der Waals surface area contributed by atoms with Crippen LogP contribution < -0.4 is 25.3 Å². The summed E-state index contributed by atoms with van der Waals surface area (Å²) in [4.78, 5) is 12.0. The van der Waals surface area contributed by atoms with Crippen molar-refractivity contribution >= 4 is 11.6 Å². The molecule has 6 nitrogen and oxygen atoms in total. The smallest absolute Gasteiger partial charge is 0.224 e. The second-order valence-electron chi connectivity index (χ2n) is 5.51. The van der Waals surface area contributed by atoms with Crippen LogP contribution in [0, 0.1) is 0 Å². The average molecular weight is 344 g/mol. The highest BCUT2D eigenvalue weighted by atomic mass is 16.5. The Labute approximate surface area is 147 Å². The van der Waals surface area contributed by atoms with Crippen LogP contribution in [0.25, 0.3) is 0 Å². The summed E-state index contributed by atoms with van der Waals surface area (Å²) in [5.41, 5.74) is 8.19. The fourth-order valence-electron chi connectivity index (χ4n) is 2.58. The van der Waals surface area contributed by atoms with Gasteiger partial charge in [0.05, 0.1) is 27.8 Å². The van der Waals surface area contributed by atoms with Gasteiger partial charge in [-0.15, -0.1) is 0 Å². The van der Waals surface area contributed by atoms with Gasteiger partial charge in [0.2, 0.25) is 11.7 Å². The molecular formula is C19H24N2O4. The Kier molecular flexibility index (Phi) is 6.51. The SMILES string of the molecule is COc1ccc(CCNC(=O)Cc2ccc(N)cc2)c(OC)c1OC. The third-order valence-electron chi connectivity index (χ3n) is 3.85. The molecule has 1 amide bonds. The second-order valence-corrected chi connectivity index (χ2v) is 5.51. The van der Waals surface area contributed by atoms with E-state index in [4.69, 9.17) is 19.9 Å². The van der Waals surface area contributed by atoms with Crippen LogP contribution in [0.15, 0.2) is 36.4 Å². The van der Waals surface area contributed by atoms with Crippen molar-refractivity contribution in [1.82, 2.24) is 5.32 Å². The lowest BCUT2D eigenvalue weighted by Gasteiger charge is -2.16. The molecule has 6 heteroatoms. The minimum absolute atomic E-state index is 0.0378. The van der Waals surface area contributed by atoms with Gasteiger partial charge in [0.25, 0.3) is 0 Å². The average Bonchev–Trinajstić information content (AvgIpc) is 2.62. The van der Waals surface area contributed by atoms with Crippen molar-refractivity contribution in [2.75, 3.05) is 33.6 Å². The molecule has 134 valence electrons. The van der Waals surface area contributed by atoms with Crippen LogP contribution in [0.5, 0.6) is 17.2 Å². The first-order valence-electron chi connectivity index (χ1n) is 7.98. The number of amides is 1. The molecule has 0 saturated carbocycles. The molecular weight excluding hydrogens is 320 g/mol. The Bertz CT molecular complexity index is 714. The van der Waals surface area contributed by atoms with E-state index < -0.39 is 0 Å². The van der Waals surface area contributed by atoms with Gasteiger partial charge in [-0.25, -0.2) is 0 Å². The Balaban J connectivity index is 1.94. The van der Waals surface area contributed by atoms with E-state index >= 15 is 0 Å². The van der Waals surface area contributed by atoms with E-state index in [-0.39, 0.29) is 5.91 Å². The Morgan fingerprint density at radius 3 is 2.24 bits per heavy atom. The van der Waals surface area contributed by atoms with Crippen molar-refractivity contribution in [1.29, 1.82) is 0 Å². The molecule has 0 radical (unpaired) electrons. The van der Waals surface area contributed by atoms with Gasteiger partial charge < -0.3 is 25.3 Å². The van der Waals surface area contributed by atoms with E-state index in [9.17, 15) is 4.79 Å². The van der Waals surface area contributed by atoms with Gasteiger partial charge >= 0.3 is 0 Å². The maximum absolute atomic E-state index is 12.0. The van der Waals surface area contributed by atoms with Crippen molar-refractivity contribution in [3.05, 3.63) is 47.5 Å². The summed E-state index contributed by atoms with van der Waals surface area (Å²) < 4.78 is 16.1. The summed E-state index contributed by atoms with van der Waals surface area (Å²) in [6.45, 7) is 0.500. The van der Waals surface area contributed by atoms with Crippen molar-refractivity contribution < 1.29 is 19.0 Å². The van der Waals surface area contributed by atoms with Crippen molar-refractivity contribution in [2.45, 2.75) is 12.8 Å². The summed E-state index contributed by atoms with van der Waals surface area (Å²) in [7, 11) is 4.73. The maximum Gasteiger partial charge on any atom is 0.224 e. The number of hydrogen-bond donors (Lipinski definition) is 2. The minimum Gasteiger partial charge on any atom is -0.493 e. The molecule has 2 aromatic rings. The van der Waals surface area contributed by atoms with Crippen LogP contribution in [0.1, 0.15) is 11.1 Å². The van der Waals surface area contributed by atoms with E-state index in [1.807, 2.05) is 24.3 Å². The number of methoxy groups -OCH3 is 3. The zero-order chi connectivity index (χ0) is 18.2. The Morgan fingerprint density at radius 2 is 1.64 bits per heavy atom. The van der Waals surface area contributed by atoms with Gasteiger partial charge in [0, 0.05) is 17.8 Å². The van der Waals surface area contributed by atoms with Gasteiger partial charge in [0.15, 0.2) is 11.5 Å². The summed E-state index contributed by atoms with van der Waals surface area (Å²) >= 11 is 0. The summed E-state index contributed by atoms with van der Waals surface area (Å²) in [5, 5.41) is 2.91. The monoisotopic (exact) mass is 344 g/mol. The van der Waals surface area contributed by atoms with Gasteiger partial charge in [-0.05, 0) is 30.2 Å². The van der Waals surface area contributed by atoms with Crippen LogP contribution in [0.2, 0.25) is 0 Å². The molecule has 0 spiro atoms. The number of carbonyl (C=O) groups is 1. The second kappa shape index (κ2) is 8.82. The van der Waals surface area contributed by atoms with Crippen LogP contribution in [0.4, 0.5) is 5.69 Å². The highest BCUT2D eigenvalue weighted by Crippen LogP contribution is 2.39. The summed E-state index contributed by atoms with van der Waals surface area (Å²) in [5.74, 6) is 1.74. The summed E-state index contributed by atoms with van der Waals surface area (Å²) in [6.07, 6.45) is 0.945. The number of nitrogen functional groups attached to an aromatic ring is 1. The standard InChI is InChI=1S/C19H24N2O4/c1-23-16-9-6-14(18(24-2)19(16)25-3)10-11-21-17(22)12-13-4-7-15(20)8-5-13/h4-9H,10-12,20H2,1-3H3,(H,21,22). The van der Waals surface area contributed by atoms with Crippen molar-refractivity contribution in [2.24, 2.45) is 0 Å². The van der Waals surface area contributed by atoms with Crippen LogP contribution >= 0.6 is 0 Å². The zero-order valence-corrected chi connectivity index (χ0v) is 14.8. The number of nitrogens with one attached hydrogen (secondary N) is 1. The molecule has 0 bridgehead atoms. The topological polar surface area (TPSA) is 82.8 Å². The predicted octanol–water partition coefficient (Wildman–Crippen LogP) is 2.20. The quantitative estimate of drug-likeness (QED) is 0.717. The first-order chi connectivity index (χ1) is 12.1. The highest BCUT2D eigenvalue weighted by Gasteiger charge is 2.15. The van der Waals surface area contributed by atoms with Gasteiger partial charge in [0.1, 0.15) is 0 Å². The van der Waals surface area contributed by atoms with Gasteiger partial charge in [-0.3, -0.25) is 4.79 Å². The number of carbonyl (C=O) groups excluding carboxylic acids is 1. The maximum atomic E-state index is 12.0. The number of hydrogen-bond acceptors (Lipinski definition) is 5. The fourth-order valence-corrected chi connectivity index (χ4v) is 2.58.